The number of benzene rings is 2. The first-order chi connectivity index (χ1) is 15.1. The molecule has 0 N–H and O–H groups in total. The Labute approximate surface area is 190 Å². The van der Waals surface area contributed by atoms with Crippen molar-refractivity contribution in [1.29, 1.82) is 0 Å². The lowest BCUT2D eigenvalue weighted by molar-refractivity contribution is 0.0591. The van der Waals surface area contributed by atoms with Gasteiger partial charge in [-0.25, -0.2) is 9.59 Å². The van der Waals surface area contributed by atoms with E-state index in [1.54, 1.807) is 0 Å². The number of aryl methyl sites for hydroxylation is 4. The van der Waals surface area contributed by atoms with Crippen LogP contribution in [-0.2, 0) is 9.47 Å². The molecule has 2 aromatic rings. The van der Waals surface area contributed by atoms with Crippen molar-refractivity contribution >= 4 is 23.3 Å². The SMILES string of the molecule is COC(=O)c1cc(C)c(N2C=CN(c3c(C)cc(C(=O)OC)cc3C)C2C(C)C)c(C)c1. The highest BCUT2D eigenvalue weighted by molar-refractivity contribution is 5.92. The molecule has 6 nitrogen and oxygen atoms in total. The zero-order valence-electron chi connectivity index (χ0n) is 20.1. The molecule has 0 aliphatic carbocycles. The molecular formula is C26H32N2O4. The van der Waals surface area contributed by atoms with E-state index in [0.29, 0.717) is 17.0 Å². The van der Waals surface area contributed by atoms with Gasteiger partial charge in [0, 0.05) is 23.8 Å². The Bertz CT molecular complexity index is 960. The Hall–Kier alpha value is -3.28. The van der Waals surface area contributed by atoms with Crippen LogP contribution in [0.3, 0.4) is 0 Å². The van der Waals surface area contributed by atoms with Gasteiger partial charge >= 0.3 is 11.9 Å². The third-order valence-electron chi connectivity index (χ3n) is 5.89. The van der Waals surface area contributed by atoms with Crippen molar-refractivity contribution in [3.05, 3.63) is 70.0 Å². The number of carbonyl (C=O) groups excluding carboxylic acids is 2. The average molecular weight is 437 g/mol. The monoisotopic (exact) mass is 436 g/mol. The third kappa shape index (κ3) is 4.09. The van der Waals surface area contributed by atoms with Gasteiger partial charge in [0.05, 0.1) is 25.3 Å². The average Bonchev–Trinajstić information content (AvgIpc) is 3.15. The van der Waals surface area contributed by atoms with Crippen molar-refractivity contribution in [1.82, 2.24) is 0 Å². The highest BCUT2D eigenvalue weighted by atomic mass is 16.5. The zero-order valence-corrected chi connectivity index (χ0v) is 20.1. The first-order valence-corrected chi connectivity index (χ1v) is 10.7. The number of ether oxygens (including phenoxy) is 2. The fourth-order valence-electron chi connectivity index (χ4n) is 4.71. The van der Waals surface area contributed by atoms with Gasteiger partial charge in [0.1, 0.15) is 6.17 Å². The molecule has 0 unspecified atom stereocenters. The number of rotatable bonds is 5. The van der Waals surface area contributed by atoms with Gasteiger partial charge in [-0.05, 0) is 80.1 Å². The van der Waals surface area contributed by atoms with Gasteiger partial charge in [-0.2, -0.15) is 0 Å². The van der Waals surface area contributed by atoms with Crippen LogP contribution in [0.25, 0.3) is 0 Å². The minimum atomic E-state index is -0.335. The minimum absolute atomic E-state index is 0.0396. The Kier molecular flexibility index (Phi) is 6.63. The molecule has 1 heterocycles. The number of nitrogens with zero attached hydrogens (tertiary/aromatic N) is 2. The van der Waals surface area contributed by atoms with Crippen molar-refractivity contribution in [2.24, 2.45) is 5.92 Å². The molecule has 0 saturated heterocycles. The van der Waals surface area contributed by atoms with Gasteiger partial charge in [-0.3, -0.25) is 0 Å². The van der Waals surface area contributed by atoms with Crippen LogP contribution in [0.4, 0.5) is 11.4 Å². The van der Waals surface area contributed by atoms with E-state index in [2.05, 4.69) is 36.0 Å². The summed E-state index contributed by atoms with van der Waals surface area (Å²) < 4.78 is 9.80. The summed E-state index contributed by atoms with van der Waals surface area (Å²) in [6, 6.07) is 7.51. The second-order valence-corrected chi connectivity index (χ2v) is 8.67. The summed E-state index contributed by atoms with van der Waals surface area (Å²) >= 11 is 0. The first-order valence-electron chi connectivity index (χ1n) is 10.7. The summed E-state index contributed by atoms with van der Waals surface area (Å²) in [5, 5.41) is 0. The number of anilines is 2. The summed E-state index contributed by atoms with van der Waals surface area (Å²) in [7, 11) is 2.79. The van der Waals surface area contributed by atoms with Crippen LogP contribution < -0.4 is 9.80 Å². The lowest BCUT2D eigenvalue weighted by atomic mass is 9.99. The summed E-state index contributed by atoms with van der Waals surface area (Å²) in [5.74, 6) is -0.374. The molecule has 0 atom stereocenters. The molecule has 0 saturated carbocycles. The van der Waals surface area contributed by atoms with E-state index >= 15 is 0 Å². The second kappa shape index (κ2) is 9.07. The van der Waals surface area contributed by atoms with E-state index < -0.39 is 0 Å². The molecule has 0 amide bonds. The fourth-order valence-corrected chi connectivity index (χ4v) is 4.71. The van der Waals surface area contributed by atoms with Gasteiger partial charge in [0.25, 0.3) is 0 Å². The number of hydrogen-bond acceptors (Lipinski definition) is 6. The normalized spacial score (nSPS) is 13.8. The maximum atomic E-state index is 12.0. The van der Waals surface area contributed by atoms with Gasteiger partial charge in [-0.1, -0.05) is 13.8 Å². The lowest BCUT2D eigenvalue weighted by Gasteiger charge is -2.38. The molecule has 2 aromatic carbocycles. The number of methoxy groups -OCH3 is 2. The second-order valence-electron chi connectivity index (χ2n) is 8.67. The highest BCUT2D eigenvalue weighted by Gasteiger charge is 2.34. The van der Waals surface area contributed by atoms with E-state index in [9.17, 15) is 9.59 Å². The molecule has 0 aromatic heterocycles. The quantitative estimate of drug-likeness (QED) is 0.595. The summed E-state index contributed by atoms with van der Waals surface area (Å²) in [6.07, 6.45) is 4.22. The van der Waals surface area contributed by atoms with Crippen molar-refractivity contribution in [3.8, 4) is 0 Å². The van der Waals surface area contributed by atoms with Crippen molar-refractivity contribution in [2.45, 2.75) is 47.7 Å². The van der Waals surface area contributed by atoms with Gasteiger partial charge in [0.2, 0.25) is 0 Å². The minimum Gasteiger partial charge on any atom is -0.465 e. The Morgan fingerprint density at radius 3 is 1.28 bits per heavy atom. The molecule has 6 heteroatoms. The number of hydrogen-bond donors (Lipinski definition) is 0. The maximum absolute atomic E-state index is 12.0. The standard InChI is InChI=1S/C26H32N2O4/c1-15(2)24-27(22-16(3)11-20(12-17(22)4)25(29)31-7)9-10-28(24)23-18(5)13-21(14-19(23)6)26(30)32-8/h9-15,24H,1-8H3. The van der Waals surface area contributed by atoms with E-state index in [4.69, 9.17) is 9.47 Å². The fraction of sp³-hybridized carbons (Fsp3) is 0.385. The van der Waals surface area contributed by atoms with E-state index in [1.807, 2.05) is 52.0 Å². The van der Waals surface area contributed by atoms with Crippen LogP contribution >= 0.6 is 0 Å². The van der Waals surface area contributed by atoms with Crippen molar-refractivity contribution < 1.29 is 19.1 Å². The lowest BCUT2D eigenvalue weighted by Crippen LogP contribution is -2.44. The maximum Gasteiger partial charge on any atom is 0.337 e. The Morgan fingerprint density at radius 1 is 0.719 bits per heavy atom. The Balaban J connectivity index is 2.06. The summed E-state index contributed by atoms with van der Waals surface area (Å²) in [6.45, 7) is 12.5. The summed E-state index contributed by atoms with van der Waals surface area (Å²) in [5.41, 5.74) is 7.31. The van der Waals surface area contributed by atoms with Crippen molar-refractivity contribution in [3.63, 3.8) is 0 Å². The largest absolute Gasteiger partial charge is 0.465 e. The van der Waals surface area contributed by atoms with E-state index in [0.717, 1.165) is 33.6 Å². The van der Waals surface area contributed by atoms with E-state index in [1.165, 1.54) is 14.2 Å². The number of carbonyl (C=O) groups is 2. The topological polar surface area (TPSA) is 59.1 Å². The third-order valence-corrected chi connectivity index (χ3v) is 5.89. The number of esters is 2. The Morgan fingerprint density at radius 2 is 1.03 bits per heavy atom. The van der Waals surface area contributed by atoms with Gasteiger partial charge in [-0.15, -0.1) is 0 Å². The van der Waals surface area contributed by atoms with Crippen LogP contribution in [-0.4, -0.2) is 32.3 Å². The van der Waals surface area contributed by atoms with Crippen LogP contribution in [0.1, 0.15) is 56.8 Å². The van der Waals surface area contributed by atoms with Crippen LogP contribution in [0.15, 0.2) is 36.7 Å². The van der Waals surface area contributed by atoms with Gasteiger partial charge < -0.3 is 19.3 Å². The summed E-state index contributed by atoms with van der Waals surface area (Å²) in [4.78, 5) is 28.6. The molecular weight excluding hydrogens is 404 g/mol. The molecule has 0 spiro atoms. The zero-order chi connectivity index (χ0) is 23.7. The highest BCUT2D eigenvalue weighted by Crippen LogP contribution is 2.39. The van der Waals surface area contributed by atoms with E-state index in [-0.39, 0.29) is 18.1 Å². The van der Waals surface area contributed by atoms with Crippen molar-refractivity contribution in [2.75, 3.05) is 24.0 Å². The molecule has 1 aliphatic rings. The smallest absolute Gasteiger partial charge is 0.337 e. The predicted octanol–water partition coefficient (Wildman–Crippen LogP) is 5.27. The molecule has 3 rings (SSSR count). The van der Waals surface area contributed by atoms with Crippen LogP contribution in [0.5, 0.6) is 0 Å². The molecule has 170 valence electrons. The first kappa shape index (κ1) is 23.4. The van der Waals surface area contributed by atoms with Crippen LogP contribution in [0.2, 0.25) is 0 Å². The molecule has 0 radical (unpaired) electrons. The predicted molar refractivity (Wildman–Crippen MR) is 127 cm³/mol. The van der Waals surface area contributed by atoms with Crippen LogP contribution in [0, 0.1) is 33.6 Å². The van der Waals surface area contributed by atoms with Gasteiger partial charge in [0.15, 0.2) is 0 Å². The molecule has 0 bridgehead atoms. The molecule has 0 fully saturated rings. The molecule has 32 heavy (non-hydrogen) atoms. The molecule has 1 aliphatic heterocycles.